The van der Waals surface area contributed by atoms with E-state index in [9.17, 15) is 4.79 Å². The second-order valence-electron chi connectivity index (χ2n) is 6.63. The number of carbonyl (C=O) groups excluding carboxylic acids is 1. The molecular formula is C19H21Cl4N3O2. The van der Waals surface area contributed by atoms with Crippen molar-refractivity contribution in [2.24, 2.45) is 0 Å². The molecule has 2 aliphatic rings. The lowest BCUT2D eigenvalue weighted by Crippen LogP contribution is -2.42. The first kappa shape index (κ1) is 23.0. The van der Waals surface area contributed by atoms with Gasteiger partial charge in [-0.05, 0) is 44.0 Å². The maximum absolute atomic E-state index is 13.0. The molecule has 2 saturated heterocycles. The van der Waals surface area contributed by atoms with Gasteiger partial charge in [-0.3, -0.25) is 4.79 Å². The van der Waals surface area contributed by atoms with Crippen molar-refractivity contribution in [3.8, 4) is 11.6 Å². The predicted molar refractivity (Wildman–Crippen MR) is 116 cm³/mol. The number of amides is 1. The van der Waals surface area contributed by atoms with Gasteiger partial charge >= 0.3 is 0 Å². The second-order valence-corrected chi connectivity index (χ2v) is 7.41. The van der Waals surface area contributed by atoms with Crippen molar-refractivity contribution in [3.05, 3.63) is 52.1 Å². The molecule has 2 atom stereocenters. The molecule has 1 N–H and O–H groups in total. The molecule has 0 saturated carbocycles. The topological polar surface area (TPSA) is 54.5 Å². The maximum Gasteiger partial charge on any atom is 0.255 e. The van der Waals surface area contributed by atoms with Crippen LogP contribution < -0.4 is 10.1 Å². The van der Waals surface area contributed by atoms with E-state index < -0.39 is 0 Å². The van der Waals surface area contributed by atoms with E-state index in [-0.39, 0.29) is 36.8 Å². The summed E-state index contributed by atoms with van der Waals surface area (Å²) in [5.74, 6) is 0.842. The number of nitrogens with one attached hydrogen (secondary N) is 1. The van der Waals surface area contributed by atoms with Gasteiger partial charge in [-0.2, -0.15) is 0 Å². The van der Waals surface area contributed by atoms with Crippen LogP contribution in [0.15, 0.2) is 36.5 Å². The SMILES string of the molecule is Cl.Cl.O=C(c1ccc(Oc2cccc(Cl)c2Cl)nc1)N1C2CCNCC1CC2. The summed E-state index contributed by atoms with van der Waals surface area (Å²) in [5, 5.41) is 4.16. The smallest absolute Gasteiger partial charge is 0.255 e. The van der Waals surface area contributed by atoms with Crippen LogP contribution in [0.2, 0.25) is 10.0 Å². The molecular weight excluding hydrogens is 444 g/mol. The lowest BCUT2D eigenvalue weighted by Gasteiger charge is -2.27. The average Bonchev–Trinajstić information content (AvgIpc) is 2.92. The van der Waals surface area contributed by atoms with E-state index in [1.165, 1.54) is 0 Å². The molecule has 1 aromatic carbocycles. The number of benzene rings is 1. The Morgan fingerprint density at radius 1 is 1.11 bits per heavy atom. The van der Waals surface area contributed by atoms with Crippen molar-refractivity contribution in [1.29, 1.82) is 0 Å². The van der Waals surface area contributed by atoms with Crippen molar-refractivity contribution >= 4 is 53.9 Å². The molecule has 2 fully saturated rings. The number of nitrogens with zero attached hydrogens (tertiary/aromatic N) is 2. The number of halogens is 4. The zero-order chi connectivity index (χ0) is 18.1. The van der Waals surface area contributed by atoms with Crippen molar-refractivity contribution < 1.29 is 9.53 Å². The highest BCUT2D eigenvalue weighted by molar-refractivity contribution is 6.42. The first-order valence-electron chi connectivity index (χ1n) is 8.75. The minimum atomic E-state index is 0. The van der Waals surface area contributed by atoms with E-state index in [0.29, 0.717) is 33.3 Å². The molecule has 2 bridgehead atoms. The van der Waals surface area contributed by atoms with Gasteiger partial charge in [-0.25, -0.2) is 4.98 Å². The van der Waals surface area contributed by atoms with Gasteiger partial charge in [0, 0.05) is 30.9 Å². The molecule has 1 amide bonds. The van der Waals surface area contributed by atoms with Gasteiger partial charge in [-0.15, -0.1) is 24.8 Å². The summed E-state index contributed by atoms with van der Waals surface area (Å²) in [6, 6.07) is 9.20. The summed E-state index contributed by atoms with van der Waals surface area (Å²) in [5.41, 5.74) is 0.577. The highest BCUT2D eigenvalue weighted by Gasteiger charge is 2.38. The van der Waals surface area contributed by atoms with Crippen LogP contribution in [0.4, 0.5) is 0 Å². The Morgan fingerprint density at radius 2 is 1.89 bits per heavy atom. The summed E-state index contributed by atoms with van der Waals surface area (Å²) in [4.78, 5) is 19.3. The third-order valence-corrected chi connectivity index (χ3v) is 5.80. The van der Waals surface area contributed by atoms with Crippen LogP contribution in [-0.2, 0) is 0 Å². The third kappa shape index (κ3) is 4.66. The first-order chi connectivity index (χ1) is 12.6. The molecule has 0 radical (unpaired) electrons. The van der Waals surface area contributed by atoms with Gasteiger partial charge in [-0.1, -0.05) is 29.3 Å². The Kier molecular flexibility index (Phi) is 8.22. The fraction of sp³-hybridized carbons (Fsp3) is 0.368. The van der Waals surface area contributed by atoms with E-state index in [1.54, 1.807) is 36.5 Å². The standard InChI is InChI=1S/C19H19Cl2N3O2.2ClH/c20-15-2-1-3-16(18(15)21)26-17-7-4-12(10-23-17)19(25)24-13-5-6-14(24)11-22-9-8-13;;/h1-4,7,10,13-14,22H,5-6,8-9,11H2;2*1H. The Bertz CT molecular complexity index is 805. The average molecular weight is 465 g/mol. The van der Waals surface area contributed by atoms with Crippen LogP contribution in [0.1, 0.15) is 29.6 Å². The summed E-state index contributed by atoms with van der Waals surface area (Å²) in [7, 11) is 0. The molecule has 2 unspecified atom stereocenters. The first-order valence-corrected chi connectivity index (χ1v) is 9.50. The van der Waals surface area contributed by atoms with Crippen molar-refractivity contribution in [1.82, 2.24) is 15.2 Å². The quantitative estimate of drug-likeness (QED) is 0.694. The van der Waals surface area contributed by atoms with Crippen LogP contribution in [0.5, 0.6) is 11.6 Å². The van der Waals surface area contributed by atoms with Gasteiger partial charge in [0.25, 0.3) is 5.91 Å². The van der Waals surface area contributed by atoms with E-state index >= 15 is 0 Å². The van der Waals surface area contributed by atoms with E-state index in [4.69, 9.17) is 27.9 Å². The highest BCUT2D eigenvalue weighted by Crippen LogP contribution is 2.34. The lowest BCUT2D eigenvalue weighted by atomic mass is 10.1. The molecule has 2 aromatic rings. The van der Waals surface area contributed by atoms with E-state index in [2.05, 4.69) is 10.3 Å². The molecule has 152 valence electrons. The van der Waals surface area contributed by atoms with E-state index in [0.717, 1.165) is 32.4 Å². The van der Waals surface area contributed by atoms with Crippen LogP contribution in [-0.4, -0.2) is 41.0 Å². The summed E-state index contributed by atoms with van der Waals surface area (Å²) in [6.45, 7) is 1.83. The molecule has 1 aromatic heterocycles. The van der Waals surface area contributed by atoms with Gasteiger partial charge in [0.15, 0.2) is 0 Å². The number of hydrogen-bond donors (Lipinski definition) is 1. The van der Waals surface area contributed by atoms with Gasteiger partial charge in [0.1, 0.15) is 10.8 Å². The predicted octanol–water partition coefficient (Wildman–Crippen LogP) is 4.99. The van der Waals surface area contributed by atoms with Crippen LogP contribution in [0, 0.1) is 0 Å². The van der Waals surface area contributed by atoms with Gasteiger partial charge < -0.3 is 15.0 Å². The number of fused-ring (bicyclic) bond motifs is 2. The third-order valence-electron chi connectivity index (χ3n) is 5.00. The number of ether oxygens (including phenoxy) is 1. The Hall–Kier alpha value is -1.24. The van der Waals surface area contributed by atoms with Gasteiger partial charge in [0.05, 0.1) is 10.6 Å². The maximum atomic E-state index is 13.0. The van der Waals surface area contributed by atoms with Crippen LogP contribution >= 0.6 is 48.0 Å². The van der Waals surface area contributed by atoms with Crippen molar-refractivity contribution in [3.63, 3.8) is 0 Å². The van der Waals surface area contributed by atoms with E-state index in [1.807, 2.05) is 4.90 Å². The highest BCUT2D eigenvalue weighted by atomic mass is 35.5. The number of hydrogen-bond acceptors (Lipinski definition) is 4. The minimum Gasteiger partial charge on any atom is -0.437 e. The van der Waals surface area contributed by atoms with Crippen molar-refractivity contribution in [2.45, 2.75) is 31.3 Å². The van der Waals surface area contributed by atoms with Gasteiger partial charge in [0.2, 0.25) is 5.88 Å². The second kappa shape index (κ2) is 9.99. The number of aromatic nitrogens is 1. The number of pyridine rings is 1. The monoisotopic (exact) mass is 463 g/mol. The fourth-order valence-electron chi connectivity index (χ4n) is 3.71. The van der Waals surface area contributed by atoms with Crippen molar-refractivity contribution in [2.75, 3.05) is 13.1 Å². The van der Waals surface area contributed by atoms with Crippen LogP contribution in [0.25, 0.3) is 0 Å². The fourth-order valence-corrected chi connectivity index (χ4v) is 4.04. The molecule has 3 heterocycles. The summed E-state index contributed by atoms with van der Waals surface area (Å²) < 4.78 is 5.68. The Morgan fingerprint density at radius 3 is 2.64 bits per heavy atom. The zero-order valence-electron chi connectivity index (χ0n) is 14.9. The Labute approximate surface area is 186 Å². The van der Waals surface area contributed by atoms with Crippen LogP contribution in [0.3, 0.4) is 0 Å². The lowest BCUT2D eigenvalue weighted by molar-refractivity contribution is 0.0680. The summed E-state index contributed by atoms with van der Waals surface area (Å²) in [6.07, 6.45) is 4.71. The normalized spacial score (nSPS) is 20.6. The molecule has 5 nitrogen and oxygen atoms in total. The molecule has 28 heavy (non-hydrogen) atoms. The Balaban J connectivity index is 0.00000140. The minimum absolute atomic E-state index is 0. The molecule has 0 aliphatic carbocycles. The molecule has 9 heteroatoms. The molecule has 0 spiro atoms. The number of carbonyl (C=O) groups is 1. The number of rotatable bonds is 3. The molecule has 2 aliphatic heterocycles. The summed E-state index contributed by atoms with van der Waals surface area (Å²) >= 11 is 12.1. The largest absolute Gasteiger partial charge is 0.437 e. The zero-order valence-corrected chi connectivity index (χ0v) is 18.1. The molecule has 4 rings (SSSR count).